The number of ether oxygens (including phenoxy) is 1. The average molecular weight is 294 g/mol. The van der Waals surface area contributed by atoms with Gasteiger partial charge in [-0.05, 0) is 24.3 Å². The number of benzene rings is 2. The Morgan fingerprint density at radius 2 is 1.77 bits per heavy atom. The first kappa shape index (κ1) is 13.9. The minimum absolute atomic E-state index is 0.175. The fourth-order valence-electron chi connectivity index (χ4n) is 2.31. The van der Waals surface area contributed by atoms with Gasteiger partial charge in [0, 0.05) is 5.69 Å². The quantitative estimate of drug-likeness (QED) is 0.683. The van der Waals surface area contributed by atoms with Gasteiger partial charge in [0.1, 0.15) is 5.70 Å². The van der Waals surface area contributed by atoms with Gasteiger partial charge in [0.25, 0.3) is 5.91 Å². The summed E-state index contributed by atoms with van der Waals surface area (Å²) in [7, 11) is 1.27. The molecule has 1 N–H and O–H groups in total. The summed E-state index contributed by atoms with van der Waals surface area (Å²) >= 11 is 0. The topological polar surface area (TPSA) is 58.6 Å². The van der Waals surface area contributed by atoms with Crippen molar-refractivity contribution in [1.82, 2.24) is 0 Å². The van der Waals surface area contributed by atoms with E-state index in [1.54, 1.807) is 4.90 Å². The highest BCUT2D eigenvalue weighted by Crippen LogP contribution is 2.37. The van der Waals surface area contributed by atoms with Crippen molar-refractivity contribution in [1.29, 1.82) is 0 Å². The number of hydrogen-bond donors (Lipinski definition) is 1. The van der Waals surface area contributed by atoms with Gasteiger partial charge in [0.15, 0.2) is 0 Å². The Bertz CT molecular complexity index is 754. The van der Waals surface area contributed by atoms with Crippen LogP contribution in [0.15, 0.2) is 66.4 Å². The second-order valence-electron chi connectivity index (χ2n) is 4.70. The smallest absolute Gasteiger partial charge is 0.332 e. The number of para-hydroxylation sites is 3. The Hall–Kier alpha value is -3.08. The number of amides is 1. The zero-order valence-electron chi connectivity index (χ0n) is 11.9. The number of esters is 1. The zero-order chi connectivity index (χ0) is 15.5. The van der Waals surface area contributed by atoms with E-state index in [0.717, 1.165) is 23.1 Å². The highest BCUT2D eigenvalue weighted by molar-refractivity contribution is 6.18. The summed E-state index contributed by atoms with van der Waals surface area (Å²) in [5.41, 5.74) is 2.40. The van der Waals surface area contributed by atoms with Crippen LogP contribution in [0.5, 0.6) is 0 Å². The fraction of sp³-hybridized carbons (Fsp3) is 0.0588. The van der Waals surface area contributed by atoms with E-state index < -0.39 is 5.97 Å². The molecule has 0 aromatic heterocycles. The van der Waals surface area contributed by atoms with Gasteiger partial charge in [0.2, 0.25) is 0 Å². The van der Waals surface area contributed by atoms with Crippen LogP contribution in [0, 0.1) is 0 Å². The lowest BCUT2D eigenvalue weighted by Gasteiger charge is -2.31. The molecule has 0 saturated carbocycles. The zero-order valence-corrected chi connectivity index (χ0v) is 11.9. The number of nitrogens with one attached hydrogen (secondary N) is 1. The Morgan fingerprint density at radius 3 is 2.50 bits per heavy atom. The summed E-state index contributed by atoms with van der Waals surface area (Å²) in [5, 5.41) is 2.98. The maximum absolute atomic E-state index is 12.7. The summed E-state index contributed by atoms with van der Waals surface area (Å²) in [5.74, 6) is -0.890. The predicted octanol–water partition coefficient (Wildman–Crippen LogP) is 2.83. The Morgan fingerprint density at radius 1 is 1.09 bits per heavy atom. The van der Waals surface area contributed by atoms with Crippen molar-refractivity contribution in [3.63, 3.8) is 0 Å². The van der Waals surface area contributed by atoms with E-state index in [1.807, 2.05) is 54.6 Å². The molecule has 110 valence electrons. The number of carbonyl (C=O) groups excluding carboxylic acids is 2. The third-order valence-electron chi connectivity index (χ3n) is 3.33. The predicted molar refractivity (Wildman–Crippen MR) is 83.8 cm³/mol. The maximum Gasteiger partial charge on any atom is 0.332 e. The molecular formula is C17H14N2O3. The first-order valence-corrected chi connectivity index (χ1v) is 6.76. The van der Waals surface area contributed by atoms with Crippen LogP contribution in [0.25, 0.3) is 0 Å². The molecule has 0 fully saturated rings. The standard InChI is InChI=1S/C17H14N2O3/c1-22-16(20)11-14-17(21)19(12-7-3-2-4-8-12)15-10-6-5-9-13(15)18-14/h2-11,18H,1H3/b14-11-. The van der Waals surface area contributed by atoms with Crippen molar-refractivity contribution in [2.45, 2.75) is 0 Å². The summed E-state index contributed by atoms with van der Waals surface area (Å²) in [4.78, 5) is 25.8. The fourth-order valence-corrected chi connectivity index (χ4v) is 2.31. The average Bonchev–Trinajstić information content (AvgIpc) is 2.56. The van der Waals surface area contributed by atoms with E-state index in [9.17, 15) is 9.59 Å². The second kappa shape index (κ2) is 5.73. The number of rotatable bonds is 2. The minimum atomic E-state index is -0.580. The molecule has 0 unspecified atom stereocenters. The molecule has 1 aliphatic heterocycles. The molecule has 5 nitrogen and oxygen atoms in total. The summed E-state index contributed by atoms with van der Waals surface area (Å²) in [6.07, 6.45) is 1.16. The number of carbonyl (C=O) groups is 2. The molecular weight excluding hydrogens is 280 g/mol. The number of nitrogens with zero attached hydrogens (tertiary/aromatic N) is 1. The van der Waals surface area contributed by atoms with Gasteiger partial charge in [-0.15, -0.1) is 0 Å². The van der Waals surface area contributed by atoms with E-state index in [1.165, 1.54) is 7.11 Å². The Balaban J connectivity index is 2.13. The summed E-state index contributed by atoms with van der Waals surface area (Å²) < 4.78 is 4.60. The minimum Gasteiger partial charge on any atom is -0.466 e. The van der Waals surface area contributed by atoms with Crippen LogP contribution >= 0.6 is 0 Å². The highest BCUT2D eigenvalue weighted by Gasteiger charge is 2.29. The molecule has 0 atom stereocenters. The van der Waals surface area contributed by atoms with E-state index in [0.29, 0.717) is 0 Å². The first-order valence-electron chi connectivity index (χ1n) is 6.76. The lowest BCUT2D eigenvalue weighted by molar-refractivity contribution is -0.135. The lowest BCUT2D eigenvalue weighted by atomic mass is 10.1. The van der Waals surface area contributed by atoms with Crippen molar-refractivity contribution in [3.8, 4) is 0 Å². The third kappa shape index (κ3) is 2.44. The summed E-state index contributed by atoms with van der Waals surface area (Å²) in [6, 6.07) is 16.7. The van der Waals surface area contributed by atoms with Gasteiger partial charge in [0.05, 0.1) is 24.6 Å². The molecule has 1 amide bonds. The first-order chi connectivity index (χ1) is 10.7. The van der Waals surface area contributed by atoms with Crippen LogP contribution in [0.3, 0.4) is 0 Å². The third-order valence-corrected chi connectivity index (χ3v) is 3.33. The van der Waals surface area contributed by atoms with Crippen LogP contribution in [0.1, 0.15) is 0 Å². The monoisotopic (exact) mass is 294 g/mol. The van der Waals surface area contributed by atoms with E-state index in [-0.39, 0.29) is 11.6 Å². The van der Waals surface area contributed by atoms with Crippen molar-refractivity contribution in [2.75, 3.05) is 17.3 Å². The van der Waals surface area contributed by atoms with Gasteiger partial charge in [-0.2, -0.15) is 0 Å². The molecule has 0 bridgehead atoms. The second-order valence-corrected chi connectivity index (χ2v) is 4.70. The molecule has 1 aliphatic rings. The molecule has 0 radical (unpaired) electrons. The Kier molecular flexibility index (Phi) is 3.62. The molecule has 22 heavy (non-hydrogen) atoms. The van der Waals surface area contributed by atoms with Gasteiger partial charge >= 0.3 is 5.97 Å². The Labute approximate surface area is 127 Å². The van der Waals surface area contributed by atoms with Crippen LogP contribution in [-0.4, -0.2) is 19.0 Å². The molecule has 0 spiro atoms. The number of anilines is 3. The van der Waals surface area contributed by atoms with E-state index in [2.05, 4.69) is 10.1 Å². The van der Waals surface area contributed by atoms with Gasteiger partial charge < -0.3 is 10.1 Å². The number of methoxy groups -OCH3 is 1. The highest BCUT2D eigenvalue weighted by atomic mass is 16.5. The van der Waals surface area contributed by atoms with Crippen molar-refractivity contribution in [2.24, 2.45) is 0 Å². The van der Waals surface area contributed by atoms with Crippen molar-refractivity contribution >= 4 is 28.9 Å². The van der Waals surface area contributed by atoms with Gasteiger partial charge in [-0.25, -0.2) is 4.79 Å². The van der Waals surface area contributed by atoms with Crippen LogP contribution in [0.2, 0.25) is 0 Å². The van der Waals surface area contributed by atoms with Crippen molar-refractivity contribution < 1.29 is 14.3 Å². The van der Waals surface area contributed by atoms with E-state index >= 15 is 0 Å². The van der Waals surface area contributed by atoms with Gasteiger partial charge in [-0.1, -0.05) is 30.3 Å². The molecule has 0 saturated heterocycles. The molecule has 1 heterocycles. The molecule has 0 aliphatic carbocycles. The molecule has 5 heteroatoms. The summed E-state index contributed by atoms with van der Waals surface area (Å²) in [6.45, 7) is 0. The lowest BCUT2D eigenvalue weighted by Crippen LogP contribution is -2.35. The molecule has 2 aromatic carbocycles. The van der Waals surface area contributed by atoms with Crippen LogP contribution in [0.4, 0.5) is 17.1 Å². The largest absolute Gasteiger partial charge is 0.466 e. The van der Waals surface area contributed by atoms with Crippen molar-refractivity contribution in [3.05, 3.63) is 66.4 Å². The SMILES string of the molecule is COC(=O)/C=C1\Nc2ccccc2N(c2ccccc2)C1=O. The number of hydrogen-bond acceptors (Lipinski definition) is 4. The maximum atomic E-state index is 12.7. The normalized spacial score (nSPS) is 15.2. The molecule has 3 rings (SSSR count). The van der Waals surface area contributed by atoms with Crippen LogP contribution < -0.4 is 10.2 Å². The molecule has 2 aromatic rings. The van der Waals surface area contributed by atoms with Crippen LogP contribution in [-0.2, 0) is 14.3 Å². The van der Waals surface area contributed by atoms with Gasteiger partial charge in [-0.3, -0.25) is 9.69 Å². The number of fused-ring (bicyclic) bond motifs is 1. The van der Waals surface area contributed by atoms with E-state index in [4.69, 9.17) is 0 Å².